The molecule has 0 bridgehead atoms. The van der Waals surface area contributed by atoms with E-state index in [1.807, 2.05) is 30.3 Å². The number of para-hydroxylation sites is 1. The number of benzene rings is 1. The quantitative estimate of drug-likeness (QED) is 0.942. The van der Waals surface area contributed by atoms with Crippen molar-refractivity contribution >= 4 is 17.5 Å². The molecular formula is C16H16N2O3. The van der Waals surface area contributed by atoms with E-state index < -0.39 is 6.04 Å². The highest BCUT2D eigenvalue weighted by Crippen LogP contribution is 2.22. The first kappa shape index (κ1) is 13.4. The van der Waals surface area contributed by atoms with Crippen LogP contribution in [0.15, 0.2) is 53.3 Å². The number of amides is 2. The van der Waals surface area contributed by atoms with E-state index in [1.165, 1.54) is 12.5 Å². The van der Waals surface area contributed by atoms with Crippen LogP contribution in [0.5, 0.6) is 0 Å². The van der Waals surface area contributed by atoms with Gasteiger partial charge in [-0.15, -0.1) is 0 Å². The van der Waals surface area contributed by atoms with E-state index >= 15 is 0 Å². The first-order chi connectivity index (χ1) is 10.3. The lowest BCUT2D eigenvalue weighted by molar-refractivity contribution is -0.119. The second kappa shape index (κ2) is 5.83. The predicted octanol–water partition coefficient (Wildman–Crippen LogP) is 2.52. The summed E-state index contributed by atoms with van der Waals surface area (Å²) in [4.78, 5) is 26.3. The molecule has 3 rings (SSSR count). The van der Waals surface area contributed by atoms with Crippen molar-refractivity contribution in [2.24, 2.45) is 0 Å². The van der Waals surface area contributed by atoms with Crippen molar-refractivity contribution in [1.29, 1.82) is 0 Å². The maximum atomic E-state index is 12.4. The van der Waals surface area contributed by atoms with Gasteiger partial charge in [-0.05, 0) is 31.0 Å². The highest BCUT2D eigenvalue weighted by molar-refractivity contribution is 6.01. The molecule has 0 radical (unpaired) electrons. The molecule has 0 spiro atoms. The molecule has 2 heterocycles. The summed E-state index contributed by atoms with van der Waals surface area (Å²) >= 11 is 0. The number of carbonyl (C=O) groups is 2. The Hall–Kier alpha value is -2.56. The number of nitrogens with one attached hydrogen (secondary N) is 1. The third kappa shape index (κ3) is 2.81. The van der Waals surface area contributed by atoms with Crippen LogP contribution in [0.2, 0.25) is 0 Å². The minimum atomic E-state index is -0.424. The van der Waals surface area contributed by atoms with Gasteiger partial charge in [0.2, 0.25) is 5.91 Å². The zero-order chi connectivity index (χ0) is 14.7. The van der Waals surface area contributed by atoms with Crippen LogP contribution in [0.1, 0.15) is 23.2 Å². The Kier molecular flexibility index (Phi) is 3.73. The summed E-state index contributed by atoms with van der Waals surface area (Å²) < 4.78 is 4.94. The Balaban J connectivity index is 1.72. The number of rotatable bonds is 3. The van der Waals surface area contributed by atoms with Gasteiger partial charge in [0.25, 0.3) is 5.91 Å². The number of hydrogen-bond donors (Lipinski definition) is 1. The number of furan rings is 1. The van der Waals surface area contributed by atoms with Crippen molar-refractivity contribution in [3.63, 3.8) is 0 Å². The van der Waals surface area contributed by atoms with E-state index in [9.17, 15) is 9.59 Å². The van der Waals surface area contributed by atoms with Crippen LogP contribution in [0.4, 0.5) is 5.69 Å². The molecule has 1 N–H and O–H groups in total. The maximum absolute atomic E-state index is 12.4. The molecular weight excluding hydrogens is 268 g/mol. The summed E-state index contributed by atoms with van der Waals surface area (Å²) in [6.07, 6.45) is 4.38. The predicted molar refractivity (Wildman–Crippen MR) is 77.8 cm³/mol. The molecule has 1 saturated heterocycles. The zero-order valence-corrected chi connectivity index (χ0v) is 11.5. The highest BCUT2D eigenvalue weighted by atomic mass is 16.3. The molecule has 5 nitrogen and oxygen atoms in total. The van der Waals surface area contributed by atoms with E-state index in [2.05, 4.69) is 5.32 Å². The summed E-state index contributed by atoms with van der Waals surface area (Å²) in [6, 6.07) is 10.5. The number of hydrogen-bond acceptors (Lipinski definition) is 3. The second-order valence-electron chi connectivity index (χ2n) is 5.02. The van der Waals surface area contributed by atoms with E-state index in [0.29, 0.717) is 18.5 Å². The van der Waals surface area contributed by atoms with Gasteiger partial charge in [0.05, 0.1) is 11.8 Å². The van der Waals surface area contributed by atoms with Crippen LogP contribution in [0, 0.1) is 0 Å². The van der Waals surface area contributed by atoms with Gasteiger partial charge in [0.1, 0.15) is 12.3 Å². The Bertz CT molecular complexity index is 622. The fourth-order valence-electron chi connectivity index (χ4n) is 2.58. The van der Waals surface area contributed by atoms with E-state index in [1.54, 1.807) is 11.0 Å². The van der Waals surface area contributed by atoms with Gasteiger partial charge in [-0.25, -0.2) is 0 Å². The highest BCUT2D eigenvalue weighted by Gasteiger charge is 2.34. The first-order valence-electron chi connectivity index (χ1n) is 6.95. The van der Waals surface area contributed by atoms with E-state index in [0.717, 1.165) is 12.1 Å². The molecule has 5 heteroatoms. The van der Waals surface area contributed by atoms with Crippen LogP contribution >= 0.6 is 0 Å². The molecule has 1 aromatic carbocycles. The number of likely N-dealkylation sites (tertiary alicyclic amines) is 1. The van der Waals surface area contributed by atoms with Crippen LogP contribution in [-0.2, 0) is 4.79 Å². The third-order valence-electron chi connectivity index (χ3n) is 3.63. The normalized spacial score (nSPS) is 17.7. The molecule has 1 aliphatic rings. The smallest absolute Gasteiger partial charge is 0.257 e. The molecule has 1 atom stereocenters. The van der Waals surface area contributed by atoms with Gasteiger partial charge in [-0.3, -0.25) is 9.59 Å². The van der Waals surface area contributed by atoms with Crippen molar-refractivity contribution in [1.82, 2.24) is 4.90 Å². The summed E-state index contributed by atoms with van der Waals surface area (Å²) in [7, 11) is 0. The largest absolute Gasteiger partial charge is 0.472 e. The molecule has 2 aromatic rings. The van der Waals surface area contributed by atoms with Crippen molar-refractivity contribution < 1.29 is 14.0 Å². The monoisotopic (exact) mass is 284 g/mol. The Labute approximate surface area is 122 Å². The van der Waals surface area contributed by atoms with Gasteiger partial charge >= 0.3 is 0 Å². The average molecular weight is 284 g/mol. The molecule has 0 saturated carbocycles. The lowest BCUT2D eigenvalue weighted by atomic mass is 10.2. The fourth-order valence-corrected chi connectivity index (χ4v) is 2.58. The van der Waals surface area contributed by atoms with Gasteiger partial charge in [-0.1, -0.05) is 18.2 Å². The molecule has 0 aliphatic carbocycles. The third-order valence-corrected chi connectivity index (χ3v) is 3.63. The second-order valence-corrected chi connectivity index (χ2v) is 5.02. The van der Waals surface area contributed by atoms with Crippen LogP contribution < -0.4 is 5.32 Å². The first-order valence-corrected chi connectivity index (χ1v) is 6.95. The van der Waals surface area contributed by atoms with Gasteiger partial charge < -0.3 is 14.6 Å². The van der Waals surface area contributed by atoms with E-state index in [-0.39, 0.29) is 11.8 Å². The lowest BCUT2D eigenvalue weighted by Gasteiger charge is -2.23. The minimum Gasteiger partial charge on any atom is -0.472 e. The molecule has 21 heavy (non-hydrogen) atoms. The Morgan fingerprint density at radius 2 is 2.00 bits per heavy atom. The fraction of sp³-hybridized carbons (Fsp3) is 0.250. The number of carbonyl (C=O) groups excluding carboxylic acids is 2. The molecule has 0 unspecified atom stereocenters. The topological polar surface area (TPSA) is 62.6 Å². The number of nitrogens with zero attached hydrogens (tertiary/aromatic N) is 1. The zero-order valence-electron chi connectivity index (χ0n) is 11.5. The number of anilines is 1. The molecule has 1 aliphatic heterocycles. The van der Waals surface area contributed by atoms with Gasteiger partial charge in [-0.2, -0.15) is 0 Å². The standard InChI is InChI=1S/C16H16N2O3/c19-15(17-13-5-2-1-3-6-13)14-7-4-9-18(14)16(20)12-8-10-21-11-12/h1-3,5-6,8,10-11,14H,4,7,9H2,(H,17,19)/t14-/m1/s1. The minimum absolute atomic E-state index is 0.143. The summed E-state index contributed by atoms with van der Waals surface area (Å²) in [5.74, 6) is -0.301. The molecule has 2 amide bonds. The van der Waals surface area contributed by atoms with Crippen molar-refractivity contribution in [3.8, 4) is 0 Å². The van der Waals surface area contributed by atoms with Crippen molar-refractivity contribution in [3.05, 3.63) is 54.5 Å². The summed E-state index contributed by atoms with van der Waals surface area (Å²) in [5, 5.41) is 2.86. The lowest BCUT2D eigenvalue weighted by Crippen LogP contribution is -2.43. The van der Waals surface area contributed by atoms with Crippen molar-refractivity contribution in [2.75, 3.05) is 11.9 Å². The Morgan fingerprint density at radius 1 is 1.19 bits per heavy atom. The summed E-state index contributed by atoms with van der Waals surface area (Å²) in [5.41, 5.74) is 1.22. The molecule has 108 valence electrons. The average Bonchev–Trinajstić information content (AvgIpc) is 3.19. The van der Waals surface area contributed by atoms with Crippen LogP contribution in [0.3, 0.4) is 0 Å². The molecule has 1 aromatic heterocycles. The van der Waals surface area contributed by atoms with E-state index in [4.69, 9.17) is 4.42 Å². The van der Waals surface area contributed by atoms with Crippen LogP contribution in [0.25, 0.3) is 0 Å². The van der Waals surface area contributed by atoms with Crippen molar-refractivity contribution in [2.45, 2.75) is 18.9 Å². The molecule has 1 fully saturated rings. The SMILES string of the molecule is O=C(Nc1ccccc1)[C@H]1CCCN1C(=O)c1ccoc1. The summed E-state index contributed by atoms with van der Waals surface area (Å²) in [6.45, 7) is 0.594. The Morgan fingerprint density at radius 3 is 2.71 bits per heavy atom. The van der Waals surface area contributed by atoms with Gasteiger partial charge in [0.15, 0.2) is 0 Å². The maximum Gasteiger partial charge on any atom is 0.257 e. The van der Waals surface area contributed by atoms with Crippen LogP contribution in [-0.4, -0.2) is 29.3 Å². The van der Waals surface area contributed by atoms with Gasteiger partial charge in [0, 0.05) is 12.2 Å².